The molecule has 6 nitrogen and oxygen atoms in total. The number of hydrogen-bond donors (Lipinski definition) is 0. The number of esters is 1. The second kappa shape index (κ2) is 5.89. The molecule has 3 rings (SSSR count). The molecule has 0 N–H and O–H groups in total. The minimum atomic E-state index is -0.526. The van der Waals surface area contributed by atoms with Gasteiger partial charge in [-0.05, 0) is 31.2 Å². The molecule has 0 spiro atoms. The summed E-state index contributed by atoms with van der Waals surface area (Å²) in [6.45, 7) is 1.81. The van der Waals surface area contributed by atoms with Crippen LogP contribution in [0.15, 0.2) is 35.0 Å². The lowest BCUT2D eigenvalue weighted by atomic mass is 10.2. The van der Waals surface area contributed by atoms with Crippen LogP contribution in [0.4, 0.5) is 0 Å². The molecule has 0 unspecified atom stereocenters. The van der Waals surface area contributed by atoms with Crippen LogP contribution >= 0.6 is 11.6 Å². The Bertz CT molecular complexity index is 852. The molecule has 0 aliphatic carbocycles. The van der Waals surface area contributed by atoms with Gasteiger partial charge in [0.1, 0.15) is 10.9 Å². The Morgan fingerprint density at radius 1 is 1.39 bits per heavy atom. The third kappa shape index (κ3) is 2.85. The first-order chi connectivity index (χ1) is 11.0. The van der Waals surface area contributed by atoms with Crippen molar-refractivity contribution in [1.29, 1.82) is 0 Å². The molecule has 2 aromatic rings. The second-order valence-corrected chi connectivity index (χ2v) is 5.34. The number of cyclic esters (lactones) is 1. The molecule has 1 aromatic heterocycles. The minimum Gasteiger partial charge on any atom is -0.497 e. The lowest BCUT2D eigenvalue weighted by Crippen LogP contribution is -2.05. The molecule has 118 valence electrons. The summed E-state index contributed by atoms with van der Waals surface area (Å²) in [5.74, 6) is 0.366. The van der Waals surface area contributed by atoms with Crippen LogP contribution in [0.5, 0.6) is 5.75 Å². The van der Waals surface area contributed by atoms with Crippen molar-refractivity contribution in [3.63, 3.8) is 0 Å². The van der Waals surface area contributed by atoms with Crippen molar-refractivity contribution in [2.45, 2.75) is 6.92 Å². The van der Waals surface area contributed by atoms with Crippen LogP contribution in [0.25, 0.3) is 6.08 Å². The Kier molecular flexibility index (Phi) is 3.92. The number of aromatic nitrogens is 2. The molecule has 0 atom stereocenters. The fraction of sp³-hybridized carbons (Fsp3) is 0.188. The highest BCUT2D eigenvalue weighted by Gasteiger charge is 2.25. The van der Waals surface area contributed by atoms with E-state index in [1.807, 2.05) is 6.92 Å². The predicted octanol–water partition coefficient (Wildman–Crippen LogP) is 2.74. The maximum absolute atomic E-state index is 12.0. The van der Waals surface area contributed by atoms with Gasteiger partial charge in [0.2, 0.25) is 5.90 Å². The summed E-state index contributed by atoms with van der Waals surface area (Å²) in [7, 11) is 3.30. The topological polar surface area (TPSA) is 65.7 Å². The van der Waals surface area contributed by atoms with E-state index in [9.17, 15) is 4.79 Å². The SMILES string of the molecule is COc1cccc(C2=N/C(=C\c3c(C)nn(C)c3Cl)C(=O)O2)c1. The fourth-order valence-corrected chi connectivity index (χ4v) is 2.46. The Balaban J connectivity index is 1.99. The minimum absolute atomic E-state index is 0.181. The van der Waals surface area contributed by atoms with Crippen molar-refractivity contribution in [3.8, 4) is 5.75 Å². The van der Waals surface area contributed by atoms with Gasteiger partial charge >= 0.3 is 5.97 Å². The second-order valence-electron chi connectivity index (χ2n) is 4.98. The Morgan fingerprint density at radius 3 is 2.83 bits per heavy atom. The van der Waals surface area contributed by atoms with Crippen molar-refractivity contribution < 1.29 is 14.3 Å². The van der Waals surface area contributed by atoms with Crippen molar-refractivity contribution in [3.05, 3.63) is 51.9 Å². The van der Waals surface area contributed by atoms with Gasteiger partial charge in [-0.25, -0.2) is 9.79 Å². The zero-order valence-corrected chi connectivity index (χ0v) is 13.6. The van der Waals surface area contributed by atoms with E-state index in [1.165, 1.54) is 4.68 Å². The number of nitrogens with zero attached hydrogens (tertiary/aromatic N) is 3. The molecule has 7 heteroatoms. The van der Waals surface area contributed by atoms with Gasteiger partial charge in [-0.1, -0.05) is 17.7 Å². The molecule has 0 saturated heterocycles. The highest BCUT2D eigenvalue weighted by molar-refractivity contribution is 6.31. The molecule has 2 heterocycles. The van der Waals surface area contributed by atoms with Crippen LogP contribution in [-0.4, -0.2) is 28.8 Å². The van der Waals surface area contributed by atoms with Gasteiger partial charge in [-0.2, -0.15) is 5.10 Å². The van der Waals surface area contributed by atoms with E-state index < -0.39 is 5.97 Å². The zero-order valence-electron chi connectivity index (χ0n) is 12.8. The van der Waals surface area contributed by atoms with Crippen LogP contribution < -0.4 is 4.74 Å². The molecule has 0 bridgehead atoms. The van der Waals surface area contributed by atoms with Crippen LogP contribution in [0.1, 0.15) is 16.8 Å². The molecule has 1 aliphatic heterocycles. The standard InChI is InChI=1S/C16H14ClN3O3/c1-9-12(14(17)20(2)19-9)8-13-16(21)23-15(18-13)10-5-4-6-11(7-10)22-3/h4-8H,1-3H3/b13-8-. The van der Waals surface area contributed by atoms with Crippen molar-refractivity contribution in [2.24, 2.45) is 12.0 Å². The first kappa shape index (κ1) is 15.3. The number of methoxy groups -OCH3 is 1. The zero-order chi connectivity index (χ0) is 16.6. The highest BCUT2D eigenvalue weighted by atomic mass is 35.5. The van der Waals surface area contributed by atoms with Crippen molar-refractivity contribution >= 4 is 29.5 Å². The van der Waals surface area contributed by atoms with Crippen molar-refractivity contribution in [1.82, 2.24) is 9.78 Å². The van der Waals surface area contributed by atoms with Gasteiger partial charge in [-0.3, -0.25) is 4.68 Å². The summed E-state index contributed by atoms with van der Waals surface area (Å²) in [6, 6.07) is 7.14. The number of hydrogen-bond acceptors (Lipinski definition) is 5. The van der Waals surface area contributed by atoms with E-state index in [2.05, 4.69) is 10.1 Å². The molecule has 23 heavy (non-hydrogen) atoms. The lowest BCUT2D eigenvalue weighted by Gasteiger charge is -2.02. The van der Waals surface area contributed by atoms with Crippen LogP contribution in [0.3, 0.4) is 0 Å². The van der Waals surface area contributed by atoms with E-state index in [4.69, 9.17) is 21.1 Å². The number of carbonyl (C=O) groups excluding carboxylic acids is 1. The quantitative estimate of drug-likeness (QED) is 0.640. The lowest BCUT2D eigenvalue weighted by molar-refractivity contribution is -0.129. The van der Waals surface area contributed by atoms with Crippen LogP contribution in [0, 0.1) is 6.92 Å². The molecule has 0 amide bonds. The van der Waals surface area contributed by atoms with Gasteiger partial charge in [0.15, 0.2) is 5.70 Å². The number of ether oxygens (including phenoxy) is 2. The van der Waals surface area contributed by atoms with Crippen LogP contribution in [-0.2, 0) is 16.6 Å². The van der Waals surface area contributed by atoms with Gasteiger partial charge < -0.3 is 9.47 Å². The van der Waals surface area contributed by atoms with E-state index in [0.717, 1.165) is 0 Å². The molecule has 0 saturated carbocycles. The van der Waals surface area contributed by atoms with Gasteiger partial charge in [0, 0.05) is 18.2 Å². The Labute approximate surface area is 138 Å². The summed E-state index contributed by atoms with van der Waals surface area (Å²) in [5.41, 5.74) is 2.20. The number of halogens is 1. The molecule has 1 aromatic carbocycles. The highest BCUT2D eigenvalue weighted by Crippen LogP contribution is 2.25. The largest absolute Gasteiger partial charge is 0.497 e. The monoisotopic (exact) mass is 331 g/mol. The Morgan fingerprint density at radius 2 is 2.17 bits per heavy atom. The summed E-state index contributed by atoms with van der Waals surface area (Å²) >= 11 is 6.17. The number of aliphatic imine (C=N–C) groups is 1. The number of aryl methyl sites for hydroxylation is 2. The Hall–Kier alpha value is -2.60. The predicted molar refractivity (Wildman–Crippen MR) is 86.6 cm³/mol. The number of benzene rings is 1. The average molecular weight is 332 g/mol. The van der Waals surface area contributed by atoms with Crippen molar-refractivity contribution in [2.75, 3.05) is 7.11 Å². The molecular formula is C16H14ClN3O3. The molecule has 1 aliphatic rings. The normalized spacial score (nSPS) is 15.7. The summed E-state index contributed by atoms with van der Waals surface area (Å²) < 4.78 is 11.9. The maximum atomic E-state index is 12.0. The first-order valence-corrected chi connectivity index (χ1v) is 7.23. The third-order valence-electron chi connectivity index (χ3n) is 3.41. The summed E-state index contributed by atoms with van der Waals surface area (Å²) in [6.07, 6.45) is 1.58. The van der Waals surface area contributed by atoms with Crippen LogP contribution in [0.2, 0.25) is 5.15 Å². The van der Waals surface area contributed by atoms with E-state index in [1.54, 1.807) is 44.5 Å². The summed E-state index contributed by atoms with van der Waals surface area (Å²) in [4.78, 5) is 16.3. The van der Waals surface area contributed by atoms with Gasteiger partial charge in [0.05, 0.1) is 12.8 Å². The third-order valence-corrected chi connectivity index (χ3v) is 3.86. The first-order valence-electron chi connectivity index (χ1n) is 6.85. The van der Waals surface area contributed by atoms with Gasteiger partial charge in [0.25, 0.3) is 0 Å². The van der Waals surface area contributed by atoms with Gasteiger partial charge in [-0.15, -0.1) is 0 Å². The smallest absolute Gasteiger partial charge is 0.363 e. The molecule has 0 fully saturated rings. The average Bonchev–Trinajstić information content (AvgIpc) is 3.03. The van der Waals surface area contributed by atoms with E-state index in [0.29, 0.717) is 27.7 Å². The molecule has 0 radical (unpaired) electrons. The number of rotatable bonds is 3. The molecular weight excluding hydrogens is 318 g/mol. The number of carbonyl (C=O) groups is 1. The summed E-state index contributed by atoms with van der Waals surface area (Å²) in [5, 5.41) is 4.64. The fourth-order valence-electron chi connectivity index (χ4n) is 2.24. The van der Waals surface area contributed by atoms with E-state index in [-0.39, 0.29) is 11.6 Å². The maximum Gasteiger partial charge on any atom is 0.363 e. The van der Waals surface area contributed by atoms with E-state index >= 15 is 0 Å².